The van der Waals surface area contributed by atoms with E-state index in [9.17, 15) is 42.3 Å². The Morgan fingerprint density at radius 1 is 0.900 bits per heavy atom. The van der Waals surface area contributed by atoms with Crippen molar-refractivity contribution in [3.63, 3.8) is 0 Å². The van der Waals surface area contributed by atoms with Crippen LogP contribution in [-0.4, -0.2) is 94.1 Å². The third kappa shape index (κ3) is 14.9. The van der Waals surface area contributed by atoms with Crippen molar-refractivity contribution < 1.29 is 47.0 Å². The molecule has 0 radical (unpaired) electrons. The number of alkyl halides is 3. The number of carbonyl (C=O) groups excluding carboxylic acids is 5. The van der Waals surface area contributed by atoms with Gasteiger partial charge in [-0.25, -0.2) is 9.97 Å². The van der Waals surface area contributed by atoms with E-state index in [0.717, 1.165) is 32.8 Å². The van der Waals surface area contributed by atoms with E-state index in [1.165, 1.54) is 18.2 Å². The average molecular weight is 988 g/mol. The molecule has 70 heavy (non-hydrogen) atoms. The van der Waals surface area contributed by atoms with Crippen LogP contribution in [0.25, 0.3) is 16.5 Å². The van der Waals surface area contributed by atoms with Crippen molar-refractivity contribution in [2.24, 2.45) is 17.3 Å². The number of likely N-dealkylation sites (tertiary alicyclic amines) is 1. The Morgan fingerprint density at radius 2 is 1.61 bits per heavy atom. The summed E-state index contributed by atoms with van der Waals surface area (Å²) in [4.78, 5) is 77.7. The van der Waals surface area contributed by atoms with Gasteiger partial charge >= 0.3 is 6.18 Å². The highest BCUT2D eigenvalue weighted by Gasteiger charge is 2.44. The molecular formula is C52H64F3N7O7S. The molecule has 5 N–H and O–H groups in total. The molecule has 6 rings (SSSR count). The molecule has 0 bridgehead atoms. The topological polar surface area (TPSA) is 192 Å². The first-order valence-electron chi connectivity index (χ1n) is 23.8. The maximum atomic E-state index is 14.0. The van der Waals surface area contributed by atoms with Gasteiger partial charge in [0, 0.05) is 44.6 Å². The molecule has 1 saturated carbocycles. The highest BCUT2D eigenvalue weighted by Crippen LogP contribution is 2.40. The van der Waals surface area contributed by atoms with E-state index in [0.29, 0.717) is 43.5 Å². The van der Waals surface area contributed by atoms with Crippen LogP contribution < -0.4 is 26.0 Å². The second-order valence-electron chi connectivity index (χ2n) is 19.3. The summed E-state index contributed by atoms with van der Waals surface area (Å²) in [5.41, 5.74) is 6.19. The third-order valence-corrected chi connectivity index (χ3v) is 13.8. The summed E-state index contributed by atoms with van der Waals surface area (Å²) in [7, 11) is 1.48. The molecule has 2 aliphatic rings. The summed E-state index contributed by atoms with van der Waals surface area (Å²) in [6.45, 7) is 8.14. The van der Waals surface area contributed by atoms with Crippen LogP contribution in [-0.2, 0) is 38.7 Å². The lowest BCUT2D eigenvalue weighted by atomic mass is 9.81. The van der Waals surface area contributed by atoms with E-state index in [4.69, 9.17) is 4.74 Å². The number of aliphatic hydroxyl groups excluding tert-OH is 1. The lowest BCUT2D eigenvalue weighted by Gasteiger charge is -2.35. The Kier molecular flexibility index (Phi) is 18.3. The number of ether oxygens (including phenoxy) is 1. The maximum absolute atomic E-state index is 14.0. The second kappa shape index (κ2) is 24.1. The number of benzene rings is 2. The SMILES string of the molecule is COc1cnc(C(=O)NCc2cccc(CC(=O)NCCCCC(=O)N[C@H](C(=O)N3C[C@H](O)C[C@H]3C(=O)NCc3ccc(-c4scnc4C)cc3)C(C)(C)C)c2)cc1/C=C/[C@H]1CC[C@H](C(F)(F)F)CC1. The Morgan fingerprint density at radius 3 is 2.29 bits per heavy atom. The fourth-order valence-electron chi connectivity index (χ4n) is 8.78. The number of nitrogens with one attached hydrogen (secondary N) is 4. The first-order valence-corrected chi connectivity index (χ1v) is 24.6. The van der Waals surface area contributed by atoms with Crippen molar-refractivity contribution in [3.8, 4) is 16.2 Å². The largest absolute Gasteiger partial charge is 0.495 e. The van der Waals surface area contributed by atoms with E-state index in [-0.39, 0.29) is 81.1 Å². The molecule has 5 amide bonds. The number of allylic oxidation sites excluding steroid dienone is 1. The van der Waals surface area contributed by atoms with Gasteiger partial charge in [-0.05, 0) is 85.1 Å². The number of methoxy groups -OCH3 is 1. The molecule has 14 nitrogen and oxygen atoms in total. The number of halogens is 3. The number of nitrogens with zero attached hydrogens (tertiary/aromatic N) is 3. The average Bonchev–Trinajstić information content (AvgIpc) is 3.95. The van der Waals surface area contributed by atoms with Gasteiger partial charge in [0.2, 0.25) is 23.6 Å². The van der Waals surface area contributed by atoms with Gasteiger partial charge in [0.15, 0.2) is 0 Å². The molecule has 1 saturated heterocycles. The zero-order valence-electron chi connectivity index (χ0n) is 40.4. The number of hydrogen-bond acceptors (Lipinski definition) is 10. The predicted octanol–water partition coefficient (Wildman–Crippen LogP) is 7.47. The molecule has 4 aromatic rings. The number of pyridine rings is 1. The predicted molar refractivity (Wildman–Crippen MR) is 261 cm³/mol. The van der Waals surface area contributed by atoms with Crippen LogP contribution >= 0.6 is 11.3 Å². The smallest absolute Gasteiger partial charge is 0.391 e. The number of β-amino-alcohol motifs (C(OH)–C–C–N with tert-alkyl or cyclic N) is 1. The first-order chi connectivity index (χ1) is 33.3. The molecule has 1 aliphatic heterocycles. The Balaban J connectivity index is 0.911. The molecular weight excluding hydrogens is 924 g/mol. The van der Waals surface area contributed by atoms with Crippen molar-refractivity contribution in [2.45, 2.75) is 123 Å². The molecule has 2 fully saturated rings. The standard InChI is InChI=1S/C52H64F3N7O7S/c1-32-46(70-31-60-32)37-17-13-34(14-18-37)27-59-49(67)42-26-40(63)30-62(42)50(68)47(51(2,3)4)61-44(64)11-6-7-22-56-45(65)24-35-9-8-10-36(23-35)28-58-48(66)41-25-38(43(69-5)29-57-41)19-12-33-15-20-39(21-16-33)52(53,54)55/h8-10,12-14,17-19,23,25,29,31,33,39-40,42,47,63H,6-7,11,15-16,20-22,24,26-28,30H2,1-5H3,(H,56,65)(H,58,66)(H,59,67)(H,61,64)/b19-12+/t33-,39-,40-,42+,47-/m1/s1. The Bertz CT molecular complexity index is 2480. The number of hydrogen-bond donors (Lipinski definition) is 5. The fourth-order valence-corrected chi connectivity index (χ4v) is 9.60. The van der Waals surface area contributed by atoms with Crippen molar-refractivity contribution in [2.75, 3.05) is 20.2 Å². The second-order valence-corrected chi connectivity index (χ2v) is 20.1. The molecule has 3 atom stereocenters. The van der Waals surface area contributed by atoms with Crippen molar-refractivity contribution in [1.82, 2.24) is 36.1 Å². The first kappa shape index (κ1) is 53.2. The summed E-state index contributed by atoms with van der Waals surface area (Å²) in [5, 5.41) is 22.1. The number of aryl methyl sites for hydroxylation is 1. The quantitative estimate of drug-likeness (QED) is 0.0593. The van der Waals surface area contributed by atoms with E-state index in [2.05, 4.69) is 31.2 Å². The lowest BCUT2D eigenvalue weighted by Crippen LogP contribution is -2.57. The molecule has 18 heteroatoms. The summed E-state index contributed by atoms with van der Waals surface area (Å²) in [5.74, 6) is -2.66. The van der Waals surface area contributed by atoms with Crippen LogP contribution in [0.5, 0.6) is 5.75 Å². The molecule has 376 valence electrons. The number of thiazole rings is 1. The molecule has 0 unspecified atom stereocenters. The zero-order chi connectivity index (χ0) is 50.6. The van der Waals surface area contributed by atoms with Crippen LogP contribution in [0.1, 0.15) is 111 Å². The summed E-state index contributed by atoms with van der Waals surface area (Å²) >= 11 is 1.56. The maximum Gasteiger partial charge on any atom is 0.391 e. The number of aromatic nitrogens is 2. The van der Waals surface area contributed by atoms with Crippen LogP contribution in [0.4, 0.5) is 13.2 Å². The van der Waals surface area contributed by atoms with Crippen LogP contribution in [0.2, 0.25) is 0 Å². The highest BCUT2D eigenvalue weighted by atomic mass is 32.1. The number of carbonyl (C=O) groups is 5. The van der Waals surface area contributed by atoms with Crippen LogP contribution in [0.3, 0.4) is 0 Å². The van der Waals surface area contributed by atoms with Crippen molar-refractivity contribution in [3.05, 3.63) is 106 Å². The molecule has 0 spiro atoms. The Hall–Kier alpha value is -6.14. The van der Waals surface area contributed by atoms with Crippen LogP contribution in [0, 0.1) is 24.2 Å². The monoisotopic (exact) mass is 987 g/mol. The van der Waals surface area contributed by atoms with Crippen molar-refractivity contribution in [1.29, 1.82) is 0 Å². The van der Waals surface area contributed by atoms with E-state index < -0.39 is 47.5 Å². The number of aliphatic hydroxyl groups is 1. The lowest BCUT2D eigenvalue weighted by molar-refractivity contribution is -0.183. The van der Waals surface area contributed by atoms with Gasteiger partial charge in [0.1, 0.15) is 23.5 Å². The molecule has 2 aromatic heterocycles. The van der Waals surface area contributed by atoms with Gasteiger partial charge in [-0.2, -0.15) is 13.2 Å². The van der Waals surface area contributed by atoms with Gasteiger partial charge in [-0.1, -0.05) is 81.5 Å². The Labute approximate surface area is 411 Å². The van der Waals surface area contributed by atoms with Crippen molar-refractivity contribution >= 4 is 46.9 Å². The molecule has 3 heterocycles. The van der Waals surface area contributed by atoms with Gasteiger partial charge in [0.05, 0.1) is 47.8 Å². The summed E-state index contributed by atoms with van der Waals surface area (Å²) < 4.78 is 44.7. The van der Waals surface area contributed by atoms with Gasteiger partial charge in [0.25, 0.3) is 5.91 Å². The minimum Gasteiger partial charge on any atom is -0.495 e. The summed E-state index contributed by atoms with van der Waals surface area (Å²) in [6, 6.07) is 14.8. The molecule has 1 aliphatic carbocycles. The van der Waals surface area contributed by atoms with E-state index in [1.54, 1.807) is 35.1 Å². The summed E-state index contributed by atoms with van der Waals surface area (Å²) in [6.07, 6.45) is 2.29. The third-order valence-electron chi connectivity index (χ3n) is 12.8. The zero-order valence-corrected chi connectivity index (χ0v) is 41.2. The van der Waals surface area contributed by atoms with Gasteiger partial charge < -0.3 is 36.0 Å². The normalized spacial score (nSPS) is 18.8. The molecule has 2 aromatic carbocycles. The number of amides is 5. The van der Waals surface area contributed by atoms with E-state index >= 15 is 0 Å². The van der Waals surface area contributed by atoms with Gasteiger partial charge in [-0.3, -0.25) is 24.0 Å². The minimum absolute atomic E-state index is 0.00788. The van der Waals surface area contributed by atoms with Gasteiger partial charge in [-0.15, -0.1) is 11.3 Å². The number of rotatable bonds is 19. The van der Waals surface area contributed by atoms with Crippen LogP contribution in [0.15, 0.2) is 72.4 Å². The fraction of sp³-hybridized carbons (Fsp3) is 0.481. The highest BCUT2D eigenvalue weighted by molar-refractivity contribution is 7.13. The van der Waals surface area contributed by atoms with E-state index in [1.807, 2.05) is 76.2 Å². The number of unbranched alkanes of at least 4 members (excludes halogenated alkanes) is 1. The minimum atomic E-state index is -4.17.